The first-order chi connectivity index (χ1) is 7.09. The minimum Gasteiger partial charge on any atom is -0.353 e. The van der Waals surface area contributed by atoms with E-state index in [0.717, 1.165) is 18.8 Å². The number of aryl methyl sites for hydroxylation is 1. The molecule has 0 aliphatic carbocycles. The summed E-state index contributed by atoms with van der Waals surface area (Å²) in [5, 5.41) is 3.21. The number of nitrogens with one attached hydrogen (secondary N) is 1. The standard InChI is InChI=1S/C11H20N4/c1-9(2)15(4)8-7-13-11-12-6-5-10(3)14-11/h5-6,9H,7-8H2,1-4H3,(H,12,13,14). The summed E-state index contributed by atoms with van der Waals surface area (Å²) in [7, 11) is 2.11. The van der Waals surface area contributed by atoms with Gasteiger partial charge in [0.25, 0.3) is 0 Å². The quantitative estimate of drug-likeness (QED) is 0.797. The Kier molecular flexibility index (Phi) is 4.49. The molecule has 1 N–H and O–H groups in total. The van der Waals surface area contributed by atoms with Gasteiger partial charge < -0.3 is 10.2 Å². The van der Waals surface area contributed by atoms with E-state index in [1.165, 1.54) is 0 Å². The van der Waals surface area contributed by atoms with E-state index in [1.807, 2.05) is 13.0 Å². The second-order valence-electron chi connectivity index (χ2n) is 4.02. The predicted molar refractivity (Wildman–Crippen MR) is 63.0 cm³/mol. The maximum Gasteiger partial charge on any atom is 0.222 e. The van der Waals surface area contributed by atoms with Crippen LogP contribution in [0.1, 0.15) is 19.5 Å². The molecule has 0 spiro atoms. The molecule has 0 aliphatic rings. The van der Waals surface area contributed by atoms with Crippen LogP contribution in [0.4, 0.5) is 5.95 Å². The lowest BCUT2D eigenvalue weighted by Gasteiger charge is -2.20. The molecule has 1 rings (SSSR count). The molecular formula is C11H20N4. The molecule has 0 unspecified atom stereocenters. The van der Waals surface area contributed by atoms with E-state index >= 15 is 0 Å². The van der Waals surface area contributed by atoms with Crippen LogP contribution in [0.3, 0.4) is 0 Å². The van der Waals surface area contributed by atoms with E-state index in [-0.39, 0.29) is 0 Å². The second kappa shape index (κ2) is 5.66. The van der Waals surface area contributed by atoms with Crippen molar-refractivity contribution in [1.82, 2.24) is 14.9 Å². The van der Waals surface area contributed by atoms with Crippen molar-refractivity contribution in [2.75, 3.05) is 25.5 Å². The van der Waals surface area contributed by atoms with Crippen LogP contribution in [0.5, 0.6) is 0 Å². The maximum absolute atomic E-state index is 4.27. The summed E-state index contributed by atoms with van der Waals surface area (Å²) in [6.07, 6.45) is 1.77. The van der Waals surface area contributed by atoms with Crippen LogP contribution >= 0.6 is 0 Å². The average molecular weight is 208 g/mol. The van der Waals surface area contributed by atoms with Gasteiger partial charge in [-0.15, -0.1) is 0 Å². The monoisotopic (exact) mass is 208 g/mol. The number of hydrogen-bond acceptors (Lipinski definition) is 4. The van der Waals surface area contributed by atoms with Crippen molar-refractivity contribution in [3.05, 3.63) is 18.0 Å². The fourth-order valence-electron chi connectivity index (χ4n) is 1.14. The number of rotatable bonds is 5. The third-order valence-corrected chi connectivity index (χ3v) is 2.42. The minimum atomic E-state index is 0.574. The van der Waals surface area contributed by atoms with Gasteiger partial charge in [-0.25, -0.2) is 9.97 Å². The molecule has 0 radical (unpaired) electrons. The molecule has 1 aromatic rings. The van der Waals surface area contributed by atoms with Crippen LogP contribution < -0.4 is 5.32 Å². The lowest BCUT2D eigenvalue weighted by Crippen LogP contribution is -2.31. The zero-order valence-electron chi connectivity index (χ0n) is 9.99. The van der Waals surface area contributed by atoms with Crippen molar-refractivity contribution in [2.45, 2.75) is 26.8 Å². The fourth-order valence-corrected chi connectivity index (χ4v) is 1.14. The van der Waals surface area contributed by atoms with E-state index < -0.39 is 0 Å². The average Bonchev–Trinajstić information content (AvgIpc) is 2.17. The highest BCUT2D eigenvalue weighted by atomic mass is 15.2. The van der Waals surface area contributed by atoms with Gasteiger partial charge in [0.15, 0.2) is 0 Å². The molecular weight excluding hydrogens is 188 g/mol. The third-order valence-electron chi connectivity index (χ3n) is 2.42. The van der Waals surface area contributed by atoms with Gasteiger partial charge in [-0.3, -0.25) is 0 Å². The Morgan fingerprint density at radius 2 is 2.20 bits per heavy atom. The summed E-state index contributed by atoms with van der Waals surface area (Å²) in [5.41, 5.74) is 0.990. The lowest BCUT2D eigenvalue weighted by molar-refractivity contribution is 0.284. The number of anilines is 1. The highest BCUT2D eigenvalue weighted by Crippen LogP contribution is 1.98. The molecule has 1 aromatic heterocycles. The van der Waals surface area contributed by atoms with Crippen LogP contribution in [-0.2, 0) is 0 Å². The Bertz CT molecular complexity index is 298. The molecule has 1 heterocycles. The van der Waals surface area contributed by atoms with E-state index in [9.17, 15) is 0 Å². The Morgan fingerprint density at radius 1 is 1.47 bits per heavy atom. The normalized spacial score (nSPS) is 11.1. The van der Waals surface area contributed by atoms with Crippen molar-refractivity contribution >= 4 is 5.95 Å². The zero-order chi connectivity index (χ0) is 11.3. The minimum absolute atomic E-state index is 0.574. The molecule has 0 aromatic carbocycles. The van der Waals surface area contributed by atoms with Gasteiger partial charge >= 0.3 is 0 Å². The predicted octanol–water partition coefficient (Wildman–Crippen LogP) is 1.54. The van der Waals surface area contributed by atoms with E-state index in [1.54, 1.807) is 6.20 Å². The van der Waals surface area contributed by atoms with Gasteiger partial charge in [0.05, 0.1) is 0 Å². The molecule has 4 nitrogen and oxygen atoms in total. The van der Waals surface area contributed by atoms with Crippen molar-refractivity contribution in [1.29, 1.82) is 0 Å². The highest BCUT2D eigenvalue weighted by molar-refractivity contribution is 5.24. The molecule has 0 aliphatic heterocycles. The molecule has 0 amide bonds. The summed E-state index contributed by atoms with van der Waals surface area (Å²) in [6.45, 7) is 8.20. The Labute approximate surface area is 91.7 Å². The highest BCUT2D eigenvalue weighted by Gasteiger charge is 2.02. The summed E-state index contributed by atoms with van der Waals surface area (Å²) < 4.78 is 0. The number of likely N-dealkylation sites (N-methyl/N-ethyl adjacent to an activating group) is 1. The lowest BCUT2D eigenvalue weighted by atomic mass is 10.3. The summed E-state index contributed by atoms with van der Waals surface area (Å²) in [5.74, 6) is 0.715. The SMILES string of the molecule is Cc1ccnc(NCCN(C)C(C)C)n1. The van der Waals surface area contributed by atoms with Crippen molar-refractivity contribution in [3.8, 4) is 0 Å². The Morgan fingerprint density at radius 3 is 2.80 bits per heavy atom. The van der Waals surface area contributed by atoms with Crippen LogP contribution in [0.25, 0.3) is 0 Å². The third kappa shape index (κ3) is 4.25. The van der Waals surface area contributed by atoms with Gasteiger partial charge in [0.2, 0.25) is 5.95 Å². The first kappa shape index (κ1) is 11.9. The first-order valence-corrected chi connectivity index (χ1v) is 5.33. The molecule has 4 heteroatoms. The van der Waals surface area contributed by atoms with Crippen molar-refractivity contribution in [3.63, 3.8) is 0 Å². The van der Waals surface area contributed by atoms with Crippen LogP contribution in [0.15, 0.2) is 12.3 Å². The van der Waals surface area contributed by atoms with E-state index in [2.05, 4.69) is 41.1 Å². The van der Waals surface area contributed by atoms with Gasteiger partial charge in [0, 0.05) is 31.0 Å². The van der Waals surface area contributed by atoms with E-state index in [4.69, 9.17) is 0 Å². The molecule has 0 saturated carbocycles. The number of aromatic nitrogens is 2. The van der Waals surface area contributed by atoms with E-state index in [0.29, 0.717) is 12.0 Å². The van der Waals surface area contributed by atoms with Crippen molar-refractivity contribution < 1.29 is 0 Å². The molecule has 0 saturated heterocycles. The molecule has 0 atom stereocenters. The largest absolute Gasteiger partial charge is 0.353 e. The first-order valence-electron chi connectivity index (χ1n) is 5.33. The van der Waals surface area contributed by atoms with Gasteiger partial charge in [-0.1, -0.05) is 0 Å². The van der Waals surface area contributed by atoms with Gasteiger partial charge in [0.1, 0.15) is 0 Å². The smallest absolute Gasteiger partial charge is 0.222 e. The maximum atomic E-state index is 4.27. The Balaban J connectivity index is 2.32. The van der Waals surface area contributed by atoms with Crippen LogP contribution in [0.2, 0.25) is 0 Å². The summed E-state index contributed by atoms with van der Waals surface area (Å²) in [6, 6.07) is 2.47. The number of nitrogens with zero attached hydrogens (tertiary/aromatic N) is 3. The molecule has 0 bridgehead atoms. The fraction of sp³-hybridized carbons (Fsp3) is 0.636. The van der Waals surface area contributed by atoms with Crippen LogP contribution in [-0.4, -0.2) is 41.0 Å². The zero-order valence-corrected chi connectivity index (χ0v) is 9.99. The molecule has 84 valence electrons. The Hall–Kier alpha value is -1.16. The summed E-state index contributed by atoms with van der Waals surface area (Å²) in [4.78, 5) is 10.7. The molecule has 15 heavy (non-hydrogen) atoms. The summed E-state index contributed by atoms with van der Waals surface area (Å²) >= 11 is 0. The molecule has 0 fully saturated rings. The van der Waals surface area contributed by atoms with Crippen LogP contribution in [0, 0.1) is 6.92 Å². The topological polar surface area (TPSA) is 41.1 Å². The van der Waals surface area contributed by atoms with Gasteiger partial charge in [-0.2, -0.15) is 0 Å². The van der Waals surface area contributed by atoms with Crippen molar-refractivity contribution in [2.24, 2.45) is 0 Å². The number of hydrogen-bond donors (Lipinski definition) is 1. The van der Waals surface area contributed by atoms with Gasteiger partial charge in [-0.05, 0) is 33.9 Å². The second-order valence-corrected chi connectivity index (χ2v) is 4.02.